The first-order valence-corrected chi connectivity index (χ1v) is 8.62. The van der Waals surface area contributed by atoms with E-state index in [0.29, 0.717) is 6.42 Å². The molecule has 3 rings (SSSR count). The van der Waals surface area contributed by atoms with Crippen molar-refractivity contribution in [2.24, 2.45) is 4.99 Å². The van der Waals surface area contributed by atoms with Crippen LogP contribution in [0.5, 0.6) is 0 Å². The maximum absolute atomic E-state index is 12.3. The summed E-state index contributed by atoms with van der Waals surface area (Å²) in [6.07, 6.45) is 0.346. The Morgan fingerprint density at radius 3 is 2.65 bits per heavy atom. The van der Waals surface area contributed by atoms with E-state index in [2.05, 4.69) is 54.6 Å². The van der Waals surface area contributed by atoms with Crippen molar-refractivity contribution in [3.8, 4) is 0 Å². The lowest BCUT2D eigenvalue weighted by molar-refractivity contribution is -0.117. The summed E-state index contributed by atoms with van der Waals surface area (Å²) in [7, 11) is 0. The summed E-state index contributed by atoms with van der Waals surface area (Å²) in [5.74, 6) is -0.0954. The number of hydrogen-bond donors (Lipinski definition) is 0. The van der Waals surface area contributed by atoms with E-state index in [9.17, 15) is 4.79 Å². The van der Waals surface area contributed by atoms with E-state index in [0.717, 1.165) is 27.1 Å². The zero-order valence-corrected chi connectivity index (χ0v) is 14.5. The van der Waals surface area contributed by atoms with Crippen LogP contribution in [0, 0.1) is 13.8 Å². The summed E-state index contributed by atoms with van der Waals surface area (Å²) in [4.78, 5) is 17.5. The van der Waals surface area contributed by atoms with Crippen LogP contribution in [0.4, 0.5) is 0 Å². The van der Waals surface area contributed by atoms with E-state index < -0.39 is 0 Å². The Kier molecular flexibility index (Phi) is 4.44. The lowest BCUT2D eigenvalue weighted by atomic mass is 10.0. The quantitative estimate of drug-likeness (QED) is 0.717. The molecule has 0 saturated heterocycles. The van der Waals surface area contributed by atoms with Crippen molar-refractivity contribution in [3.05, 3.63) is 64.0 Å². The largest absolute Gasteiger partial charge is 0.317 e. The highest BCUT2D eigenvalue weighted by molar-refractivity contribution is 7.16. The Balaban J connectivity index is 1.94. The average molecular weight is 324 g/mol. The SMILES string of the molecule is CCn1c(=NC(=O)Cc2ccc(C)c(C)c2)sc2ccccc21. The normalized spacial score (nSPS) is 12.0. The van der Waals surface area contributed by atoms with Crippen LogP contribution in [0.15, 0.2) is 47.5 Å². The third-order valence-corrected chi connectivity index (χ3v) is 5.11. The highest BCUT2D eigenvalue weighted by Crippen LogP contribution is 2.16. The number of benzene rings is 2. The number of carbonyl (C=O) groups excluding carboxylic acids is 1. The zero-order chi connectivity index (χ0) is 16.4. The summed E-state index contributed by atoms with van der Waals surface area (Å²) < 4.78 is 3.25. The van der Waals surface area contributed by atoms with Crippen LogP contribution in [0.25, 0.3) is 10.2 Å². The van der Waals surface area contributed by atoms with Gasteiger partial charge >= 0.3 is 0 Å². The van der Waals surface area contributed by atoms with Crippen molar-refractivity contribution >= 4 is 27.5 Å². The van der Waals surface area contributed by atoms with Crippen LogP contribution >= 0.6 is 11.3 Å². The Morgan fingerprint density at radius 1 is 1.13 bits per heavy atom. The molecule has 0 bridgehead atoms. The van der Waals surface area contributed by atoms with Gasteiger partial charge in [0.1, 0.15) is 0 Å². The molecule has 23 heavy (non-hydrogen) atoms. The van der Waals surface area contributed by atoms with Gasteiger partial charge < -0.3 is 4.57 Å². The van der Waals surface area contributed by atoms with Crippen LogP contribution < -0.4 is 4.80 Å². The highest BCUT2D eigenvalue weighted by atomic mass is 32.1. The summed E-state index contributed by atoms with van der Waals surface area (Å²) in [5.41, 5.74) is 4.61. The number of thiazole rings is 1. The van der Waals surface area contributed by atoms with Crippen molar-refractivity contribution < 1.29 is 4.79 Å². The van der Waals surface area contributed by atoms with Gasteiger partial charge in [-0.2, -0.15) is 4.99 Å². The van der Waals surface area contributed by atoms with Gasteiger partial charge in [0.25, 0.3) is 5.91 Å². The van der Waals surface area contributed by atoms with Gasteiger partial charge in [0, 0.05) is 6.54 Å². The smallest absolute Gasteiger partial charge is 0.252 e. The van der Waals surface area contributed by atoms with E-state index in [4.69, 9.17) is 0 Å². The fraction of sp³-hybridized carbons (Fsp3) is 0.263. The van der Waals surface area contributed by atoms with Gasteiger partial charge in [-0.1, -0.05) is 41.7 Å². The van der Waals surface area contributed by atoms with Crippen LogP contribution in [0.3, 0.4) is 0 Å². The van der Waals surface area contributed by atoms with Crippen LogP contribution in [0.1, 0.15) is 23.6 Å². The number of carbonyl (C=O) groups is 1. The Morgan fingerprint density at radius 2 is 1.91 bits per heavy atom. The van der Waals surface area contributed by atoms with Crippen LogP contribution in [0.2, 0.25) is 0 Å². The summed E-state index contributed by atoms with van der Waals surface area (Å²) in [5, 5.41) is 0. The molecule has 4 heteroatoms. The molecule has 1 heterocycles. The number of aromatic nitrogens is 1. The Hall–Kier alpha value is -2.20. The highest BCUT2D eigenvalue weighted by Gasteiger charge is 2.07. The maximum atomic E-state index is 12.3. The van der Waals surface area contributed by atoms with Crippen molar-refractivity contribution in [1.29, 1.82) is 0 Å². The molecule has 0 aliphatic rings. The predicted octanol–water partition coefficient (Wildman–Crippen LogP) is 4.01. The monoisotopic (exact) mass is 324 g/mol. The second-order valence-corrected chi connectivity index (χ2v) is 6.71. The molecular weight excluding hydrogens is 304 g/mol. The lowest BCUT2D eigenvalue weighted by Crippen LogP contribution is -2.16. The minimum Gasteiger partial charge on any atom is -0.317 e. The number of fused-ring (bicyclic) bond motifs is 1. The molecule has 0 atom stereocenters. The summed E-state index contributed by atoms with van der Waals surface area (Å²) >= 11 is 1.57. The molecule has 1 amide bonds. The number of hydrogen-bond acceptors (Lipinski definition) is 2. The van der Waals surface area contributed by atoms with Gasteiger partial charge in [-0.15, -0.1) is 0 Å². The molecule has 1 aromatic heterocycles. The molecule has 3 nitrogen and oxygen atoms in total. The van der Waals surface area contributed by atoms with E-state index in [1.165, 1.54) is 11.1 Å². The standard InChI is InChI=1S/C19H20N2OS/c1-4-21-16-7-5-6-8-17(16)23-19(21)20-18(22)12-15-10-9-13(2)14(3)11-15/h5-11H,4,12H2,1-3H3. The molecule has 0 spiro atoms. The second-order valence-electron chi connectivity index (χ2n) is 5.70. The fourth-order valence-corrected chi connectivity index (χ4v) is 3.76. The molecule has 0 unspecified atom stereocenters. The molecule has 0 radical (unpaired) electrons. The molecule has 0 saturated carbocycles. The summed E-state index contributed by atoms with van der Waals surface area (Å²) in [6.45, 7) is 7.02. The van der Waals surface area contributed by atoms with Crippen molar-refractivity contribution in [3.63, 3.8) is 0 Å². The lowest BCUT2D eigenvalue weighted by Gasteiger charge is -2.03. The Bertz CT molecular complexity index is 934. The molecule has 118 valence electrons. The molecule has 0 aliphatic heterocycles. The van der Waals surface area contributed by atoms with E-state index in [1.807, 2.05) is 18.2 Å². The average Bonchev–Trinajstić information content (AvgIpc) is 2.87. The minimum atomic E-state index is -0.0954. The molecule has 0 N–H and O–H groups in total. The van der Waals surface area contributed by atoms with Crippen molar-refractivity contribution in [1.82, 2.24) is 4.57 Å². The van der Waals surface area contributed by atoms with Crippen LogP contribution in [-0.4, -0.2) is 10.5 Å². The van der Waals surface area contributed by atoms with E-state index in [1.54, 1.807) is 11.3 Å². The molecule has 3 aromatic rings. The zero-order valence-electron chi connectivity index (χ0n) is 13.7. The van der Waals surface area contributed by atoms with Crippen molar-refractivity contribution in [2.45, 2.75) is 33.7 Å². The number of amides is 1. The number of rotatable bonds is 3. The van der Waals surface area contributed by atoms with Gasteiger partial charge in [-0.05, 0) is 49.6 Å². The summed E-state index contributed by atoms with van der Waals surface area (Å²) in [6, 6.07) is 14.3. The first kappa shape index (κ1) is 15.7. The third-order valence-electron chi connectivity index (χ3n) is 4.05. The van der Waals surface area contributed by atoms with Gasteiger partial charge in [0.05, 0.1) is 16.6 Å². The molecular formula is C19H20N2OS. The van der Waals surface area contributed by atoms with E-state index >= 15 is 0 Å². The van der Waals surface area contributed by atoms with Crippen LogP contribution in [-0.2, 0) is 17.8 Å². The predicted molar refractivity (Wildman–Crippen MR) is 95.7 cm³/mol. The minimum absolute atomic E-state index is 0.0954. The maximum Gasteiger partial charge on any atom is 0.252 e. The van der Waals surface area contributed by atoms with Gasteiger partial charge in [-0.25, -0.2) is 0 Å². The number of aryl methyl sites for hydroxylation is 3. The van der Waals surface area contributed by atoms with Crippen molar-refractivity contribution in [2.75, 3.05) is 0 Å². The van der Waals surface area contributed by atoms with Gasteiger partial charge in [0.2, 0.25) is 0 Å². The molecule has 0 fully saturated rings. The second kappa shape index (κ2) is 6.50. The van der Waals surface area contributed by atoms with Gasteiger partial charge in [0.15, 0.2) is 4.80 Å². The first-order valence-electron chi connectivity index (χ1n) is 7.80. The van der Waals surface area contributed by atoms with Gasteiger partial charge in [-0.3, -0.25) is 4.79 Å². The number of nitrogens with zero attached hydrogens (tertiary/aromatic N) is 2. The Labute approximate surface area is 139 Å². The van der Waals surface area contributed by atoms with E-state index in [-0.39, 0.29) is 5.91 Å². The molecule has 0 aliphatic carbocycles. The molecule has 2 aromatic carbocycles. The topological polar surface area (TPSA) is 34.4 Å². The number of para-hydroxylation sites is 1. The first-order chi connectivity index (χ1) is 11.1. The third kappa shape index (κ3) is 3.27. The fourth-order valence-electron chi connectivity index (χ4n) is 2.65.